The summed E-state index contributed by atoms with van der Waals surface area (Å²) in [5.41, 5.74) is 6.68. The number of rotatable bonds is 12. The summed E-state index contributed by atoms with van der Waals surface area (Å²) in [6.45, 7) is 1.93. The number of pyridine rings is 1. The molecule has 0 aromatic carbocycles. The molecular weight excluding hydrogens is 476 g/mol. The Morgan fingerprint density at radius 1 is 1.39 bits per heavy atom. The molecule has 0 bridgehead atoms. The van der Waals surface area contributed by atoms with Crippen molar-refractivity contribution in [3.8, 4) is 5.88 Å². The lowest BCUT2D eigenvalue weighted by molar-refractivity contribution is -0.131. The van der Waals surface area contributed by atoms with Gasteiger partial charge in [0.1, 0.15) is 12.1 Å². The Bertz CT molecular complexity index is 977. The van der Waals surface area contributed by atoms with Crippen LogP contribution in [0.15, 0.2) is 35.4 Å². The highest BCUT2D eigenvalue weighted by Gasteiger charge is 2.41. The molecule has 1 aromatic rings. The van der Waals surface area contributed by atoms with Crippen molar-refractivity contribution in [1.29, 1.82) is 5.41 Å². The fourth-order valence-corrected chi connectivity index (χ4v) is 3.89. The Labute approximate surface area is 208 Å². The van der Waals surface area contributed by atoms with Crippen molar-refractivity contribution in [2.24, 2.45) is 16.8 Å². The third-order valence-electron chi connectivity index (χ3n) is 5.96. The van der Waals surface area contributed by atoms with E-state index in [1.165, 1.54) is 13.3 Å². The van der Waals surface area contributed by atoms with E-state index in [1.54, 1.807) is 25.3 Å². The van der Waals surface area contributed by atoms with Gasteiger partial charge in [0.15, 0.2) is 0 Å². The first-order chi connectivity index (χ1) is 17.1. The summed E-state index contributed by atoms with van der Waals surface area (Å²) in [5.74, 6) is -4.43. The van der Waals surface area contributed by atoms with Crippen LogP contribution >= 0.6 is 0 Å². The van der Waals surface area contributed by atoms with Gasteiger partial charge in [0.2, 0.25) is 23.6 Å². The van der Waals surface area contributed by atoms with Crippen LogP contribution < -0.4 is 26.4 Å². The number of carbonyl (C=O) groups is 2. The number of alkyl halides is 2. The normalized spacial score (nSPS) is 18.0. The van der Waals surface area contributed by atoms with Gasteiger partial charge in [0.25, 0.3) is 0 Å². The van der Waals surface area contributed by atoms with Gasteiger partial charge in [-0.25, -0.2) is 13.8 Å². The molecule has 1 aliphatic rings. The fraction of sp³-hybridized carbons (Fsp3) is 0.522. The van der Waals surface area contributed by atoms with Gasteiger partial charge in [-0.15, -0.1) is 0 Å². The van der Waals surface area contributed by atoms with E-state index in [2.05, 4.69) is 26.1 Å². The van der Waals surface area contributed by atoms with E-state index in [-0.39, 0.29) is 37.2 Å². The Kier molecular flexibility index (Phi) is 10.7. The molecular formula is C23H33F2N7O4. The maximum absolute atomic E-state index is 13.7. The molecule has 1 saturated carbocycles. The quantitative estimate of drug-likeness (QED) is 0.141. The number of nitrogens with zero attached hydrogens (tertiary/aromatic N) is 2. The lowest BCUT2D eigenvalue weighted by atomic mass is 9.81. The number of methoxy groups -OCH3 is 1. The number of ether oxygens (including phenoxy) is 1. The van der Waals surface area contributed by atoms with Crippen LogP contribution in [0.25, 0.3) is 0 Å². The van der Waals surface area contributed by atoms with Crippen molar-refractivity contribution in [2.45, 2.75) is 63.6 Å². The van der Waals surface area contributed by atoms with E-state index in [1.807, 2.05) is 0 Å². The van der Waals surface area contributed by atoms with Gasteiger partial charge >= 0.3 is 0 Å². The number of aromatic nitrogens is 1. The zero-order valence-electron chi connectivity index (χ0n) is 20.3. The van der Waals surface area contributed by atoms with Gasteiger partial charge in [0.05, 0.1) is 18.5 Å². The number of oxime groups is 1. The van der Waals surface area contributed by atoms with Gasteiger partial charge < -0.3 is 37.0 Å². The van der Waals surface area contributed by atoms with E-state index < -0.39 is 48.6 Å². The third-order valence-corrected chi connectivity index (χ3v) is 5.96. The Morgan fingerprint density at radius 3 is 2.67 bits per heavy atom. The molecule has 1 aliphatic carbocycles. The van der Waals surface area contributed by atoms with E-state index in [9.17, 15) is 18.4 Å². The monoisotopic (exact) mass is 509 g/mol. The Balaban J connectivity index is 2.15. The van der Waals surface area contributed by atoms with E-state index in [0.29, 0.717) is 5.88 Å². The molecule has 13 heteroatoms. The summed E-state index contributed by atoms with van der Waals surface area (Å²) >= 11 is 0. The number of carbonyl (C=O) groups excluding carboxylic acids is 2. The van der Waals surface area contributed by atoms with E-state index >= 15 is 0 Å². The van der Waals surface area contributed by atoms with Gasteiger partial charge in [-0.3, -0.25) is 9.59 Å². The largest absolute Gasteiger partial charge is 0.481 e. The third kappa shape index (κ3) is 7.97. The Morgan fingerprint density at radius 2 is 2.08 bits per heavy atom. The topological polar surface area (TPSA) is 175 Å². The second kappa shape index (κ2) is 13.5. The highest BCUT2D eigenvalue weighted by Crippen LogP contribution is 2.37. The smallest absolute Gasteiger partial charge is 0.248 e. The standard InChI is InChI=1S/C23H33F2N7O4/c1-3-17(32-35)18(27)20(33)31-19(14-6-8-23(24,25)9-7-14)21(34)30-16(11-26)13-28-12-15-5-4-10-29-22(15)36-2/h4-5,10-11,13-14,18-19,26,28,35H,3,6-9,12,27H2,1-2H3,(H,30,34)(H,31,33)/b16-13+,26-11?,32-17-. The van der Waals surface area contributed by atoms with Crippen molar-refractivity contribution in [2.75, 3.05) is 7.11 Å². The molecule has 0 saturated heterocycles. The van der Waals surface area contributed by atoms with E-state index in [4.69, 9.17) is 21.1 Å². The second-order valence-corrected chi connectivity index (χ2v) is 8.39. The fourth-order valence-electron chi connectivity index (χ4n) is 3.89. The molecule has 36 heavy (non-hydrogen) atoms. The lowest BCUT2D eigenvalue weighted by Gasteiger charge is -2.34. The number of hydrogen-bond donors (Lipinski definition) is 6. The van der Waals surface area contributed by atoms with Crippen LogP contribution in [0.3, 0.4) is 0 Å². The van der Waals surface area contributed by atoms with Gasteiger partial charge in [0, 0.05) is 43.6 Å². The number of hydrogen-bond acceptors (Lipinski definition) is 9. The van der Waals surface area contributed by atoms with Gasteiger partial charge in [-0.2, -0.15) is 0 Å². The molecule has 0 spiro atoms. The first-order valence-corrected chi connectivity index (χ1v) is 11.5. The first kappa shape index (κ1) is 28.6. The molecule has 0 radical (unpaired) electrons. The van der Waals surface area contributed by atoms with Crippen LogP contribution in [0.5, 0.6) is 5.88 Å². The number of allylic oxidation sites excluding steroid dienone is 1. The highest BCUT2D eigenvalue weighted by atomic mass is 19.3. The lowest BCUT2D eigenvalue weighted by Crippen LogP contribution is -2.57. The van der Waals surface area contributed by atoms with Crippen LogP contribution in [0.4, 0.5) is 8.78 Å². The number of nitrogens with two attached hydrogens (primary N) is 1. The Hall–Kier alpha value is -3.61. The average Bonchev–Trinajstić information content (AvgIpc) is 2.87. The zero-order chi connectivity index (χ0) is 26.7. The highest BCUT2D eigenvalue weighted by molar-refractivity contribution is 6.08. The summed E-state index contributed by atoms with van der Waals surface area (Å²) in [7, 11) is 1.49. The molecule has 1 fully saturated rings. The molecule has 0 aliphatic heterocycles. The van der Waals surface area contributed by atoms with Crippen molar-refractivity contribution < 1.29 is 28.3 Å². The number of nitrogens with one attached hydrogen (secondary N) is 4. The zero-order valence-corrected chi connectivity index (χ0v) is 20.3. The van der Waals surface area contributed by atoms with Crippen molar-refractivity contribution in [1.82, 2.24) is 20.9 Å². The van der Waals surface area contributed by atoms with Crippen molar-refractivity contribution in [3.05, 3.63) is 35.8 Å². The maximum Gasteiger partial charge on any atom is 0.248 e. The van der Waals surface area contributed by atoms with E-state index in [0.717, 1.165) is 11.8 Å². The van der Waals surface area contributed by atoms with Crippen LogP contribution in [0.2, 0.25) is 0 Å². The number of amides is 2. The predicted molar refractivity (Wildman–Crippen MR) is 129 cm³/mol. The summed E-state index contributed by atoms with van der Waals surface area (Å²) in [5, 5.41) is 27.7. The molecule has 198 valence electrons. The minimum Gasteiger partial charge on any atom is -0.481 e. The molecule has 2 atom stereocenters. The first-order valence-electron chi connectivity index (χ1n) is 11.5. The molecule has 1 heterocycles. The number of halogens is 2. The van der Waals surface area contributed by atoms with Crippen LogP contribution in [0, 0.1) is 11.3 Å². The summed E-state index contributed by atoms with van der Waals surface area (Å²) in [6, 6.07) is 1.04. The van der Waals surface area contributed by atoms with Crippen molar-refractivity contribution in [3.63, 3.8) is 0 Å². The molecule has 2 amide bonds. The summed E-state index contributed by atoms with van der Waals surface area (Å²) < 4.78 is 32.6. The van der Waals surface area contributed by atoms with Crippen LogP contribution in [-0.4, -0.2) is 59.0 Å². The van der Waals surface area contributed by atoms with Crippen molar-refractivity contribution >= 4 is 23.7 Å². The van der Waals surface area contributed by atoms with Gasteiger partial charge in [-0.05, 0) is 31.2 Å². The molecule has 1 aromatic heterocycles. The van der Waals surface area contributed by atoms with Crippen LogP contribution in [-0.2, 0) is 16.1 Å². The van der Waals surface area contributed by atoms with Crippen LogP contribution in [0.1, 0.15) is 44.6 Å². The van der Waals surface area contributed by atoms with Gasteiger partial charge in [-0.1, -0.05) is 18.1 Å². The molecule has 11 nitrogen and oxygen atoms in total. The second-order valence-electron chi connectivity index (χ2n) is 8.39. The maximum atomic E-state index is 13.7. The molecule has 7 N–H and O–H groups in total. The average molecular weight is 510 g/mol. The predicted octanol–water partition coefficient (Wildman–Crippen LogP) is 1.66. The SMILES string of the molecule is CC/C(=N/O)C(N)C(=O)NC(C(=O)N/C(C=N)=C/NCc1cccnc1OC)C1CCC(F)(F)CC1. The molecule has 2 rings (SSSR count). The molecule has 2 unspecified atom stereocenters. The summed E-state index contributed by atoms with van der Waals surface area (Å²) in [6.07, 6.45) is 3.27. The summed E-state index contributed by atoms with van der Waals surface area (Å²) in [4.78, 5) is 29.9. The minimum atomic E-state index is -2.83. The minimum absolute atomic E-state index is 0.0111.